The van der Waals surface area contributed by atoms with Gasteiger partial charge in [0.05, 0.1) is 11.5 Å². The average Bonchev–Trinajstić information content (AvgIpc) is 2.96. The number of thiophene rings is 1. The zero-order valence-electron chi connectivity index (χ0n) is 12.7. The molecule has 0 saturated carbocycles. The third kappa shape index (κ3) is 3.33. The lowest BCUT2D eigenvalue weighted by atomic mass is 10.0. The molecule has 2 aliphatic rings. The van der Waals surface area contributed by atoms with Gasteiger partial charge in [-0.2, -0.15) is 0 Å². The molecule has 0 radical (unpaired) electrons. The van der Waals surface area contributed by atoms with Crippen molar-refractivity contribution in [2.75, 3.05) is 32.8 Å². The largest absolute Gasteiger partial charge is 0.380 e. The minimum atomic E-state index is -0.304. The summed E-state index contributed by atoms with van der Waals surface area (Å²) in [6.45, 7) is 3.35. The highest BCUT2D eigenvalue weighted by atomic mass is 32.1. The van der Waals surface area contributed by atoms with E-state index in [0.29, 0.717) is 26.3 Å². The van der Waals surface area contributed by atoms with Crippen molar-refractivity contribution in [3.63, 3.8) is 0 Å². The van der Waals surface area contributed by atoms with Crippen molar-refractivity contribution < 1.29 is 14.3 Å². The summed E-state index contributed by atoms with van der Waals surface area (Å²) < 4.78 is 5.42. The Morgan fingerprint density at radius 3 is 2.86 bits per heavy atom. The second kappa shape index (κ2) is 7.24. The quantitative estimate of drug-likeness (QED) is 0.837. The Labute approximate surface area is 134 Å². The third-order valence-electron chi connectivity index (χ3n) is 4.31. The van der Waals surface area contributed by atoms with Crippen LogP contribution in [0.25, 0.3) is 0 Å². The molecule has 2 saturated heterocycles. The van der Waals surface area contributed by atoms with Gasteiger partial charge in [-0.25, -0.2) is 0 Å². The molecule has 1 unspecified atom stereocenters. The number of hydrogen-bond acceptors (Lipinski definition) is 4. The molecule has 3 rings (SSSR count). The Bertz CT molecular complexity index is 509. The summed E-state index contributed by atoms with van der Waals surface area (Å²) in [6, 6.07) is 3.41. The topological polar surface area (TPSA) is 49.9 Å². The van der Waals surface area contributed by atoms with E-state index in [1.165, 1.54) is 11.3 Å². The number of ether oxygens (including phenoxy) is 1. The Morgan fingerprint density at radius 1 is 1.14 bits per heavy atom. The van der Waals surface area contributed by atoms with E-state index in [9.17, 15) is 9.59 Å². The molecule has 22 heavy (non-hydrogen) atoms. The van der Waals surface area contributed by atoms with Gasteiger partial charge in [-0.3, -0.25) is 9.59 Å². The van der Waals surface area contributed by atoms with Gasteiger partial charge in [-0.15, -0.1) is 11.3 Å². The number of likely N-dealkylation sites (tertiary alicyclic amines) is 1. The molecule has 1 aromatic rings. The predicted molar refractivity (Wildman–Crippen MR) is 85.0 cm³/mol. The normalized spacial score (nSPS) is 23.2. The maximum atomic E-state index is 12.9. The summed E-state index contributed by atoms with van der Waals surface area (Å²) in [5.41, 5.74) is 0. The molecule has 0 bridgehead atoms. The molecule has 1 aromatic heterocycles. The number of rotatable bonds is 2. The van der Waals surface area contributed by atoms with Crippen LogP contribution in [0.1, 0.15) is 35.4 Å². The molecule has 2 aliphatic heterocycles. The van der Waals surface area contributed by atoms with E-state index in [0.717, 1.165) is 37.1 Å². The first-order valence-corrected chi connectivity index (χ1v) is 8.86. The highest BCUT2D eigenvalue weighted by Crippen LogP contribution is 2.23. The third-order valence-corrected chi connectivity index (χ3v) is 5.17. The van der Waals surface area contributed by atoms with E-state index < -0.39 is 0 Å². The Morgan fingerprint density at radius 2 is 2.05 bits per heavy atom. The molecule has 5 nitrogen and oxygen atoms in total. The maximum absolute atomic E-state index is 12.9. The minimum Gasteiger partial charge on any atom is -0.380 e. The Hall–Kier alpha value is -1.40. The van der Waals surface area contributed by atoms with Crippen LogP contribution in [-0.4, -0.2) is 60.5 Å². The fourth-order valence-electron chi connectivity index (χ4n) is 3.15. The maximum Gasteiger partial charge on any atom is 0.264 e. The number of nitrogens with zero attached hydrogens (tertiary/aromatic N) is 2. The molecule has 1 atom stereocenters. The van der Waals surface area contributed by atoms with Crippen LogP contribution in [0.15, 0.2) is 17.5 Å². The van der Waals surface area contributed by atoms with E-state index in [1.54, 1.807) is 4.90 Å². The fourth-order valence-corrected chi connectivity index (χ4v) is 3.83. The number of amides is 2. The van der Waals surface area contributed by atoms with Crippen molar-refractivity contribution in [3.8, 4) is 0 Å². The molecule has 3 heterocycles. The molecule has 6 heteroatoms. The number of carbonyl (C=O) groups excluding carboxylic acids is 2. The number of hydrogen-bond donors (Lipinski definition) is 0. The van der Waals surface area contributed by atoms with Gasteiger partial charge in [-0.05, 0) is 37.1 Å². The lowest BCUT2D eigenvalue weighted by molar-refractivity contribution is -0.137. The van der Waals surface area contributed by atoms with E-state index in [-0.39, 0.29) is 17.9 Å². The van der Waals surface area contributed by atoms with Gasteiger partial charge < -0.3 is 14.5 Å². The van der Waals surface area contributed by atoms with Crippen LogP contribution in [0.2, 0.25) is 0 Å². The van der Waals surface area contributed by atoms with Gasteiger partial charge in [0, 0.05) is 26.2 Å². The van der Waals surface area contributed by atoms with Gasteiger partial charge in [0.1, 0.15) is 6.04 Å². The van der Waals surface area contributed by atoms with Crippen LogP contribution in [0.4, 0.5) is 0 Å². The van der Waals surface area contributed by atoms with Crippen molar-refractivity contribution >= 4 is 23.2 Å². The summed E-state index contributed by atoms with van der Waals surface area (Å²) >= 11 is 1.44. The first kappa shape index (κ1) is 15.5. The van der Waals surface area contributed by atoms with E-state index in [2.05, 4.69) is 0 Å². The first-order chi connectivity index (χ1) is 10.8. The van der Waals surface area contributed by atoms with Gasteiger partial charge in [0.2, 0.25) is 5.91 Å². The van der Waals surface area contributed by atoms with Crippen LogP contribution in [0, 0.1) is 0 Å². The van der Waals surface area contributed by atoms with Crippen molar-refractivity contribution in [1.82, 2.24) is 9.80 Å². The Balaban J connectivity index is 1.74. The summed E-state index contributed by atoms with van der Waals surface area (Å²) in [5, 5.41) is 1.90. The van der Waals surface area contributed by atoms with E-state index in [1.807, 2.05) is 22.4 Å². The zero-order valence-corrected chi connectivity index (χ0v) is 13.5. The smallest absolute Gasteiger partial charge is 0.264 e. The molecule has 2 fully saturated rings. The van der Waals surface area contributed by atoms with Crippen LogP contribution in [-0.2, 0) is 9.53 Å². The highest BCUT2D eigenvalue weighted by molar-refractivity contribution is 7.12. The highest BCUT2D eigenvalue weighted by Gasteiger charge is 2.35. The molecular weight excluding hydrogens is 300 g/mol. The first-order valence-electron chi connectivity index (χ1n) is 7.98. The van der Waals surface area contributed by atoms with Crippen molar-refractivity contribution in [3.05, 3.63) is 22.4 Å². The lowest BCUT2D eigenvalue weighted by Gasteiger charge is -2.37. The SMILES string of the molecule is O=C(C1CCCCN1C(=O)c1cccs1)N1CCCOCC1. The molecular formula is C16H22N2O3S. The molecule has 0 spiro atoms. The van der Waals surface area contributed by atoms with Gasteiger partial charge >= 0.3 is 0 Å². The second-order valence-electron chi connectivity index (χ2n) is 5.78. The van der Waals surface area contributed by atoms with E-state index >= 15 is 0 Å². The molecule has 0 aliphatic carbocycles. The lowest BCUT2D eigenvalue weighted by Crippen LogP contribution is -2.53. The van der Waals surface area contributed by atoms with Gasteiger partial charge in [-0.1, -0.05) is 6.07 Å². The predicted octanol–water partition coefficient (Wildman–Crippen LogP) is 1.99. The van der Waals surface area contributed by atoms with Crippen molar-refractivity contribution in [2.45, 2.75) is 31.7 Å². The number of carbonyl (C=O) groups is 2. The second-order valence-corrected chi connectivity index (χ2v) is 6.73. The minimum absolute atomic E-state index is 0.000813. The van der Waals surface area contributed by atoms with Crippen LogP contribution >= 0.6 is 11.3 Å². The summed E-state index contributed by atoms with van der Waals surface area (Å²) in [6.07, 6.45) is 3.63. The van der Waals surface area contributed by atoms with Gasteiger partial charge in [0.15, 0.2) is 0 Å². The fraction of sp³-hybridized carbons (Fsp3) is 0.625. The van der Waals surface area contributed by atoms with Crippen LogP contribution in [0.3, 0.4) is 0 Å². The molecule has 0 aromatic carbocycles. The van der Waals surface area contributed by atoms with E-state index in [4.69, 9.17) is 4.74 Å². The number of piperidine rings is 1. The summed E-state index contributed by atoms with van der Waals surface area (Å²) in [5.74, 6) is 0.0919. The Kier molecular flexibility index (Phi) is 5.10. The zero-order chi connectivity index (χ0) is 15.4. The summed E-state index contributed by atoms with van der Waals surface area (Å²) in [7, 11) is 0. The van der Waals surface area contributed by atoms with Crippen LogP contribution in [0.5, 0.6) is 0 Å². The average molecular weight is 322 g/mol. The van der Waals surface area contributed by atoms with Crippen molar-refractivity contribution in [1.29, 1.82) is 0 Å². The monoisotopic (exact) mass is 322 g/mol. The van der Waals surface area contributed by atoms with Crippen molar-refractivity contribution in [2.24, 2.45) is 0 Å². The molecule has 0 N–H and O–H groups in total. The summed E-state index contributed by atoms with van der Waals surface area (Å²) in [4.78, 5) is 29.9. The van der Waals surface area contributed by atoms with Crippen LogP contribution < -0.4 is 0 Å². The standard InChI is InChI=1S/C16H22N2O3S/c19-15(17-7-4-10-21-11-9-17)13-5-1-2-8-18(13)16(20)14-6-3-12-22-14/h3,6,12-13H,1-2,4-5,7-11H2. The van der Waals surface area contributed by atoms with Gasteiger partial charge in [0.25, 0.3) is 5.91 Å². The molecule has 120 valence electrons. The molecule has 2 amide bonds.